The Balaban J connectivity index is 1.41. The lowest BCUT2D eigenvalue weighted by Crippen LogP contribution is -2.26. The van der Waals surface area contributed by atoms with E-state index in [4.69, 9.17) is 0 Å². The van der Waals surface area contributed by atoms with Crippen LogP contribution in [-0.2, 0) is 13.6 Å². The SMILES string of the molecule is Cn1ccnc1SCCNC(=O)c1cn(CC2CCCCC2)nn1. The van der Waals surface area contributed by atoms with E-state index in [0.717, 1.165) is 17.5 Å². The van der Waals surface area contributed by atoms with E-state index in [1.54, 1.807) is 24.2 Å². The van der Waals surface area contributed by atoms with Crippen molar-refractivity contribution >= 4 is 17.7 Å². The van der Waals surface area contributed by atoms with Crippen LogP contribution < -0.4 is 5.32 Å². The fraction of sp³-hybridized carbons (Fsp3) is 0.625. The lowest BCUT2D eigenvalue weighted by atomic mass is 9.89. The van der Waals surface area contributed by atoms with Gasteiger partial charge in [0, 0.05) is 38.3 Å². The van der Waals surface area contributed by atoms with Crippen molar-refractivity contribution in [1.82, 2.24) is 29.9 Å². The summed E-state index contributed by atoms with van der Waals surface area (Å²) < 4.78 is 3.77. The van der Waals surface area contributed by atoms with Crippen LogP contribution in [0.1, 0.15) is 42.6 Å². The molecule has 130 valence electrons. The molecule has 0 bridgehead atoms. The van der Waals surface area contributed by atoms with Crippen molar-refractivity contribution < 1.29 is 4.79 Å². The molecule has 0 spiro atoms. The molecule has 1 amide bonds. The number of thioether (sulfide) groups is 1. The van der Waals surface area contributed by atoms with E-state index in [-0.39, 0.29) is 5.91 Å². The highest BCUT2D eigenvalue weighted by Gasteiger charge is 2.16. The maximum Gasteiger partial charge on any atom is 0.273 e. The molecular formula is C16H24N6OS. The lowest BCUT2D eigenvalue weighted by Gasteiger charge is -2.20. The predicted octanol–water partition coefficient (Wildman–Crippen LogP) is 2.11. The molecule has 2 aromatic heterocycles. The van der Waals surface area contributed by atoms with Crippen molar-refractivity contribution in [3.05, 3.63) is 24.3 Å². The molecule has 0 radical (unpaired) electrons. The summed E-state index contributed by atoms with van der Waals surface area (Å²) in [6.07, 6.45) is 11.9. The predicted molar refractivity (Wildman–Crippen MR) is 92.9 cm³/mol. The molecule has 1 aliphatic carbocycles. The summed E-state index contributed by atoms with van der Waals surface area (Å²) in [5.74, 6) is 1.28. The van der Waals surface area contributed by atoms with Gasteiger partial charge in [0.15, 0.2) is 10.9 Å². The fourth-order valence-electron chi connectivity index (χ4n) is 3.01. The number of carbonyl (C=O) groups is 1. The van der Waals surface area contributed by atoms with Crippen LogP contribution in [0.15, 0.2) is 23.7 Å². The molecule has 0 unspecified atom stereocenters. The summed E-state index contributed by atoms with van der Waals surface area (Å²) in [4.78, 5) is 16.4. The summed E-state index contributed by atoms with van der Waals surface area (Å²) in [7, 11) is 1.96. The van der Waals surface area contributed by atoms with Gasteiger partial charge in [0.05, 0.1) is 6.20 Å². The van der Waals surface area contributed by atoms with E-state index in [9.17, 15) is 4.79 Å². The van der Waals surface area contributed by atoms with Crippen LogP contribution >= 0.6 is 11.8 Å². The summed E-state index contributed by atoms with van der Waals surface area (Å²) in [5, 5.41) is 11.9. The van der Waals surface area contributed by atoms with Gasteiger partial charge in [-0.25, -0.2) is 4.98 Å². The minimum atomic E-state index is -0.162. The first kappa shape index (κ1) is 17.0. The van der Waals surface area contributed by atoms with Crippen LogP contribution in [0, 0.1) is 5.92 Å². The average Bonchev–Trinajstić information content (AvgIpc) is 3.22. The number of nitrogens with one attached hydrogen (secondary N) is 1. The van der Waals surface area contributed by atoms with E-state index >= 15 is 0 Å². The Bertz CT molecular complexity index is 661. The zero-order valence-corrected chi connectivity index (χ0v) is 14.8. The zero-order chi connectivity index (χ0) is 16.8. The summed E-state index contributed by atoms with van der Waals surface area (Å²) >= 11 is 1.62. The molecule has 2 aromatic rings. The molecular weight excluding hydrogens is 324 g/mol. The Morgan fingerprint density at radius 1 is 1.38 bits per heavy atom. The number of amides is 1. The van der Waals surface area contributed by atoms with E-state index in [1.165, 1.54) is 32.1 Å². The standard InChI is InChI=1S/C16H24N6OS/c1-21-9-7-18-16(21)24-10-8-17-15(23)14-12-22(20-19-14)11-13-5-3-2-4-6-13/h7,9,12-13H,2-6,8,10-11H2,1H3,(H,17,23). The van der Waals surface area contributed by atoms with Crippen molar-refractivity contribution in [3.8, 4) is 0 Å². The van der Waals surface area contributed by atoms with Gasteiger partial charge < -0.3 is 9.88 Å². The third-order valence-corrected chi connectivity index (χ3v) is 5.40. The fourth-order valence-corrected chi connectivity index (χ4v) is 3.80. The normalized spacial score (nSPS) is 15.5. The van der Waals surface area contributed by atoms with Gasteiger partial charge in [0.1, 0.15) is 0 Å². The van der Waals surface area contributed by atoms with Crippen LogP contribution in [0.2, 0.25) is 0 Å². The van der Waals surface area contributed by atoms with Crippen LogP contribution in [-0.4, -0.2) is 42.7 Å². The molecule has 7 nitrogen and oxygen atoms in total. The molecule has 1 saturated carbocycles. The number of hydrogen-bond donors (Lipinski definition) is 1. The molecule has 3 rings (SSSR count). The van der Waals surface area contributed by atoms with Gasteiger partial charge in [-0.3, -0.25) is 9.48 Å². The number of aryl methyl sites for hydroxylation is 1. The molecule has 1 N–H and O–H groups in total. The highest BCUT2D eigenvalue weighted by molar-refractivity contribution is 7.99. The monoisotopic (exact) mass is 348 g/mol. The highest BCUT2D eigenvalue weighted by Crippen LogP contribution is 2.24. The second-order valence-corrected chi connectivity index (χ2v) is 7.32. The largest absolute Gasteiger partial charge is 0.350 e. The van der Waals surface area contributed by atoms with Crippen molar-refractivity contribution in [2.24, 2.45) is 13.0 Å². The number of rotatable bonds is 7. The van der Waals surface area contributed by atoms with Crippen molar-refractivity contribution in [3.63, 3.8) is 0 Å². The molecule has 0 aliphatic heterocycles. The van der Waals surface area contributed by atoms with Crippen molar-refractivity contribution in [1.29, 1.82) is 0 Å². The number of carbonyl (C=O) groups excluding carboxylic acids is 1. The van der Waals surface area contributed by atoms with Crippen molar-refractivity contribution in [2.75, 3.05) is 12.3 Å². The van der Waals surface area contributed by atoms with Gasteiger partial charge in [0.25, 0.3) is 5.91 Å². The highest BCUT2D eigenvalue weighted by atomic mass is 32.2. The maximum atomic E-state index is 12.1. The molecule has 1 fully saturated rings. The first-order valence-electron chi connectivity index (χ1n) is 8.51. The zero-order valence-electron chi connectivity index (χ0n) is 14.0. The van der Waals surface area contributed by atoms with Gasteiger partial charge in [-0.05, 0) is 18.8 Å². The van der Waals surface area contributed by atoms with Crippen LogP contribution in [0.3, 0.4) is 0 Å². The Hall–Kier alpha value is -1.83. The molecule has 24 heavy (non-hydrogen) atoms. The number of imidazole rings is 1. The second kappa shape index (κ2) is 8.32. The molecule has 1 aliphatic rings. The van der Waals surface area contributed by atoms with Gasteiger partial charge in [-0.15, -0.1) is 5.10 Å². The minimum absolute atomic E-state index is 0.162. The molecule has 0 saturated heterocycles. The topological polar surface area (TPSA) is 77.6 Å². The summed E-state index contributed by atoms with van der Waals surface area (Å²) in [5.41, 5.74) is 0.396. The summed E-state index contributed by atoms with van der Waals surface area (Å²) in [6.45, 7) is 1.45. The maximum absolute atomic E-state index is 12.1. The first-order chi connectivity index (χ1) is 11.7. The van der Waals surface area contributed by atoms with Gasteiger partial charge in [-0.1, -0.05) is 36.2 Å². The van der Waals surface area contributed by atoms with E-state index in [2.05, 4.69) is 20.6 Å². The molecule has 0 atom stereocenters. The van der Waals surface area contributed by atoms with Gasteiger partial charge in [0.2, 0.25) is 0 Å². The average molecular weight is 348 g/mol. The Morgan fingerprint density at radius 3 is 2.96 bits per heavy atom. The minimum Gasteiger partial charge on any atom is -0.350 e. The lowest BCUT2D eigenvalue weighted by molar-refractivity contribution is 0.0951. The Morgan fingerprint density at radius 2 is 2.21 bits per heavy atom. The van der Waals surface area contributed by atoms with Crippen LogP contribution in [0.4, 0.5) is 0 Å². The molecule has 0 aromatic carbocycles. The third kappa shape index (κ3) is 4.59. The van der Waals surface area contributed by atoms with Gasteiger partial charge in [-0.2, -0.15) is 0 Å². The molecule has 8 heteroatoms. The molecule has 2 heterocycles. The van der Waals surface area contributed by atoms with Crippen LogP contribution in [0.25, 0.3) is 0 Å². The number of nitrogens with zero attached hydrogens (tertiary/aromatic N) is 5. The smallest absolute Gasteiger partial charge is 0.273 e. The Labute approximate surface area is 146 Å². The second-order valence-electron chi connectivity index (χ2n) is 6.25. The number of hydrogen-bond acceptors (Lipinski definition) is 5. The number of aromatic nitrogens is 5. The van der Waals surface area contributed by atoms with E-state index in [0.29, 0.717) is 18.2 Å². The first-order valence-corrected chi connectivity index (χ1v) is 9.49. The van der Waals surface area contributed by atoms with Crippen molar-refractivity contribution in [2.45, 2.75) is 43.8 Å². The third-order valence-electron chi connectivity index (χ3n) is 4.34. The van der Waals surface area contributed by atoms with Gasteiger partial charge >= 0.3 is 0 Å². The van der Waals surface area contributed by atoms with Crippen LogP contribution in [0.5, 0.6) is 0 Å². The summed E-state index contributed by atoms with van der Waals surface area (Å²) in [6, 6.07) is 0. The van der Waals surface area contributed by atoms with E-state index in [1.807, 2.05) is 22.5 Å². The Kier molecular flexibility index (Phi) is 5.90. The quantitative estimate of drug-likeness (QED) is 0.612. The van der Waals surface area contributed by atoms with E-state index < -0.39 is 0 Å².